The van der Waals surface area contributed by atoms with Crippen LogP contribution < -0.4 is 5.73 Å². The number of rotatable bonds is 1. The Labute approximate surface area is 56.3 Å². The molecular weight excluding hydrogens is 112 g/mol. The second-order valence-electron chi connectivity index (χ2n) is 2.36. The Kier molecular flexibility index (Phi) is 2.25. The number of hydrogen-bond donors (Lipinski definition) is 1. The molecule has 2 nitrogen and oxygen atoms in total. The fraction of sp³-hybridized carbons (Fsp3) is 0.714. The van der Waals surface area contributed by atoms with Crippen LogP contribution in [-0.4, -0.2) is 24.2 Å². The maximum Gasteiger partial charge on any atom is 0.0609 e. The van der Waals surface area contributed by atoms with E-state index >= 15 is 0 Å². The lowest BCUT2D eigenvalue weighted by Gasteiger charge is -2.28. The first-order valence-corrected chi connectivity index (χ1v) is 3.49. The molecule has 2 N–H and O–H groups in total. The maximum absolute atomic E-state index is 5.76. The standard InChI is InChI=1S/C7H14N2/c1-2-9-6-4-3-5-7(9)8/h3-4,7H,2,5-6,8H2,1H3. The molecule has 0 aromatic carbocycles. The molecular formula is C7H14N2. The fourth-order valence-electron chi connectivity index (χ4n) is 1.09. The first kappa shape index (κ1) is 6.78. The van der Waals surface area contributed by atoms with E-state index < -0.39 is 0 Å². The van der Waals surface area contributed by atoms with E-state index in [0.717, 1.165) is 19.5 Å². The molecule has 0 spiro atoms. The molecule has 1 aliphatic rings. The third kappa shape index (κ3) is 1.53. The van der Waals surface area contributed by atoms with Gasteiger partial charge >= 0.3 is 0 Å². The number of nitrogens with two attached hydrogens (primary N) is 1. The van der Waals surface area contributed by atoms with Crippen LogP contribution in [0.3, 0.4) is 0 Å². The topological polar surface area (TPSA) is 29.3 Å². The molecule has 0 saturated heterocycles. The third-order valence-corrected chi connectivity index (χ3v) is 1.76. The molecule has 0 aromatic rings. The highest BCUT2D eigenvalue weighted by Crippen LogP contribution is 2.04. The van der Waals surface area contributed by atoms with Crippen molar-refractivity contribution >= 4 is 0 Å². The number of hydrogen-bond acceptors (Lipinski definition) is 2. The SMILES string of the molecule is CCN1CC=CCC1N. The van der Waals surface area contributed by atoms with E-state index in [4.69, 9.17) is 5.73 Å². The lowest BCUT2D eigenvalue weighted by molar-refractivity contribution is 0.224. The van der Waals surface area contributed by atoms with Crippen molar-refractivity contribution in [2.45, 2.75) is 19.5 Å². The van der Waals surface area contributed by atoms with Crippen molar-refractivity contribution in [3.8, 4) is 0 Å². The summed E-state index contributed by atoms with van der Waals surface area (Å²) in [7, 11) is 0. The maximum atomic E-state index is 5.76. The van der Waals surface area contributed by atoms with Crippen LogP contribution in [0.5, 0.6) is 0 Å². The minimum Gasteiger partial charge on any atom is -0.315 e. The van der Waals surface area contributed by atoms with E-state index in [0.29, 0.717) is 0 Å². The van der Waals surface area contributed by atoms with Crippen LogP contribution >= 0.6 is 0 Å². The van der Waals surface area contributed by atoms with Gasteiger partial charge in [0.05, 0.1) is 6.17 Å². The van der Waals surface area contributed by atoms with Crippen molar-refractivity contribution in [2.75, 3.05) is 13.1 Å². The Balaban J connectivity index is 2.43. The van der Waals surface area contributed by atoms with Gasteiger partial charge in [-0.15, -0.1) is 0 Å². The Morgan fingerprint density at radius 3 is 2.89 bits per heavy atom. The monoisotopic (exact) mass is 126 g/mol. The summed E-state index contributed by atoms with van der Waals surface area (Å²) in [6, 6.07) is 0. The van der Waals surface area contributed by atoms with E-state index in [9.17, 15) is 0 Å². The largest absolute Gasteiger partial charge is 0.315 e. The molecule has 0 saturated carbocycles. The second kappa shape index (κ2) is 2.99. The average molecular weight is 126 g/mol. The van der Waals surface area contributed by atoms with Gasteiger partial charge in [0.25, 0.3) is 0 Å². The summed E-state index contributed by atoms with van der Waals surface area (Å²) in [5, 5.41) is 0. The van der Waals surface area contributed by atoms with Crippen molar-refractivity contribution in [1.82, 2.24) is 4.90 Å². The minimum absolute atomic E-state index is 0.264. The van der Waals surface area contributed by atoms with Gasteiger partial charge in [0.2, 0.25) is 0 Å². The molecule has 0 fully saturated rings. The van der Waals surface area contributed by atoms with E-state index in [1.807, 2.05) is 0 Å². The Morgan fingerprint density at radius 2 is 2.44 bits per heavy atom. The van der Waals surface area contributed by atoms with E-state index in [1.165, 1.54) is 0 Å². The molecule has 1 aliphatic heterocycles. The zero-order chi connectivity index (χ0) is 6.69. The molecule has 1 unspecified atom stereocenters. The highest BCUT2D eigenvalue weighted by molar-refractivity contribution is 4.93. The molecule has 52 valence electrons. The molecule has 0 aromatic heterocycles. The Morgan fingerprint density at radius 1 is 1.67 bits per heavy atom. The molecule has 0 aliphatic carbocycles. The summed E-state index contributed by atoms with van der Waals surface area (Å²) in [5.74, 6) is 0. The Hall–Kier alpha value is -0.340. The van der Waals surface area contributed by atoms with Gasteiger partial charge in [-0.1, -0.05) is 19.1 Å². The van der Waals surface area contributed by atoms with E-state index in [-0.39, 0.29) is 6.17 Å². The van der Waals surface area contributed by atoms with Crippen LogP contribution in [-0.2, 0) is 0 Å². The highest BCUT2D eigenvalue weighted by atomic mass is 15.2. The van der Waals surface area contributed by atoms with Crippen LogP contribution in [0, 0.1) is 0 Å². The summed E-state index contributed by atoms with van der Waals surface area (Å²) in [5.41, 5.74) is 5.76. The van der Waals surface area contributed by atoms with Crippen LogP contribution in [0.1, 0.15) is 13.3 Å². The predicted molar refractivity (Wildman–Crippen MR) is 39.0 cm³/mol. The van der Waals surface area contributed by atoms with Crippen LogP contribution in [0.15, 0.2) is 12.2 Å². The van der Waals surface area contributed by atoms with Crippen molar-refractivity contribution in [3.63, 3.8) is 0 Å². The molecule has 2 heteroatoms. The smallest absolute Gasteiger partial charge is 0.0609 e. The van der Waals surface area contributed by atoms with Gasteiger partial charge in [0.15, 0.2) is 0 Å². The molecule has 1 heterocycles. The summed E-state index contributed by atoms with van der Waals surface area (Å²) in [6.07, 6.45) is 5.59. The zero-order valence-corrected chi connectivity index (χ0v) is 5.88. The summed E-state index contributed by atoms with van der Waals surface area (Å²) in [4.78, 5) is 2.25. The molecule has 9 heavy (non-hydrogen) atoms. The van der Waals surface area contributed by atoms with Crippen molar-refractivity contribution in [3.05, 3.63) is 12.2 Å². The fourth-order valence-corrected chi connectivity index (χ4v) is 1.09. The molecule has 1 atom stereocenters. The highest BCUT2D eigenvalue weighted by Gasteiger charge is 2.11. The van der Waals surface area contributed by atoms with Gasteiger partial charge in [0, 0.05) is 6.54 Å². The second-order valence-corrected chi connectivity index (χ2v) is 2.36. The van der Waals surface area contributed by atoms with Gasteiger partial charge in [-0.25, -0.2) is 0 Å². The quantitative estimate of drug-likeness (QED) is 0.520. The van der Waals surface area contributed by atoms with Gasteiger partial charge in [0.1, 0.15) is 0 Å². The Bertz CT molecular complexity index is 109. The molecule has 1 rings (SSSR count). The van der Waals surface area contributed by atoms with Crippen molar-refractivity contribution < 1.29 is 0 Å². The lowest BCUT2D eigenvalue weighted by Crippen LogP contribution is -2.43. The molecule has 0 amide bonds. The van der Waals surface area contributed by atoms with Crippen molar-refractivity contribution in [2.24, 2.45) is 5.73 Å². The zero-order valence-electron chi connectivity index (χ0n) is 5.88. The van der Waals surface area contributed by atoms with Gasteiger partial charge in [-0.05, 0) is 13.0 Å². The van der Waals surface area contributed by atoms with E-state index in [1.54, 1.807) is 0 Å². The van der Waals surface area contributed by atoms with Crippen LogP contribution in [0.2, 0.25) is 0 Å². The van der Waals surface area contributed by atoms with Crippen LogP contribution in [0.4, 0.5) is 0 Å². The molecule has 0 bridgehead atoms. The first-order valence-electron chi connectivity index (χ1n) is 3.49. The summed E-state index contributed by atoms with van der Waals surface area (Å²) < 4.78 is 0. The third-order valence-electron chi connectivity index (χ3n) is 1.76. The van der Waals surface area contributed by atoms with Gasteiger partial charge in [-0.3, -0.25) is 4.90 Å². The summed E-state index contributed by atoms with van der Waals surface area (Å²) >= 11 is 0. The number of nitrogens with zero attached hydrogens (tertiary/aromatic N) is 1. The lowest BCUT2D eigenvalue weighted by atomic mass is 10.2. The normalized spacial score (nSPS) is 28.9. The van der Waals surface area contributed by atoms with E-state index in [2.05, 4.69) is 24.0 Å². The minimum atomic E-state index is 0.264. The van der Waals surface area contributed by atoms with Crippen molar-refractivity contribution in [1.29, 1.82) is 0 Å². The van der Waals surface area contributed by atoms with Gasteiger partial charge in [-0.2, -0.15) is 0 Å². The predicted octanol–water partition coefficient (Wildman–Crippen LogP) is 0.553. The summed E-state index contributed by atoms with van der Waals surface area (Å²) in [6.45, 7) is 4.22. The molecule has 0 radical (unpaired) electrons. The van der Waals surface area contributed by atoms with Gasteiger partial charge < -0.3 is 5.73 Å². The van der Waals surface area contributed by atoms with Crippen LogP contribution in [0.25, 0.3) is 0 Å². The average Bonchev–Trinajstić information content (AvgIpc) is 1.89. The number of likely N-dealkylation sites (N-methyl/N-ethyl adjacent to an activating group) is 1. The first-order chi connectivity index (χ1) is 4.34.